The second-order valence-electron chi connectivity index (χ2n) is 4.47. The molecule has 1 fully saturated rings. The summed E-state index contributed by atoms with van der Waals surface area (Å²) in [6, 6.07) is 0.196. The molecular formula is C11H20BrNO2. The fourth-order valence-electron chi connectivity index (χ4n) is 1.94. The van der Waals surface area contributed by atoms with Crippen LogP contribution in [0.25, 0.3) is 0 Å². The van der Waals surface area contributed by atoms with Crippen molar-refractivity contribution in [1.29, 1.82) is 0 Å². The minimum Gasteiger partial charge on any atom is -0.379 e. The molecule has 0 heterocycles. The van der Waals surface area contributed by atoms with Crippen LogP contribution in [0.15, 0.2) is 0 Å². The Bertz CT molecular complexity index is 221. The SMILES string of the molecule is COC1CCCC1NC(=O)C(Br)C(C)C. The normalized spacial score (nSPS) is 28.1. The summed E-state index contributed by atoms with van der Waals surface area (Å²) < 4.78 is 5.33. The Balaban J connectivity index is 2.43. The van der Waals surface area contributed by atoms with Crippen LogP contribution in [0, 0.1) is 5.92 Å². The number of carbonyl (C=O) groups is 1. The molecule has 0 aromatic rings. The summed E-state index contributed by atoms with van der Waals surface area (Å²) in [6.07, 6.45) is 3.41. The fourth-order valence-corrected chi connectivity index (χ4v) is 2.07. The van der Waals surface area contributed by atoms with Crippen LogP contribution in [0.3, 0.4) is 0 Å². The number of amides is 1. The van der Waals surface area contributed by atoms with Crippen molar-refractivity contribution in [3.8, 4) is 0 Å². The monoisotopic (exact) mass is 277 g/mol. The lowest BCUT2D eigenvalue weighted by Gasteiger charge is -2.22. The van der Waals surface area contributed by atoms with E-state index in [1.807, 2.05) is 13.8 Å². The Hall–Kier alpha value is -0.0900. The summed E-state index contributed by atoms with van der Waals surface area (Å²) in [5.74, 6) is 0.395. The van der Waals surface area contributed by atoms with Gasteiger partial charge in [0.15, 0.2) is 0 Å². The lowest BCUT2D eigenvalue weighted by Crippen LogP contribution is -2.45. The maximum absolute atomic E-state index is 11.8. The molecule has 1 saturated carbocycles. The molecule has 1 aliphatic carbocycles. The summed E-state index contributed by atoms with van der Waals surface area (Å²) in [5, 5.41) is 3.05. The Morgan fingerprint density at radius 3 is 2.67 bits per heavy atom. The van der Waals surface area contributed by atoms with Crippen LogP contribution in [0.5, 0.6) is 0 Å². The maximum Gasteiger partial charge on any atom is 0.234 e. The summed E-state index contributed by atoms with van der Waals surface area (Å²) in [6.45, 7) is 4.06. The van der Waals surface area contributed by atoms with Crippen molar-refractivity contribution in [2.24, 2.45) is 5.92 Å². The zero-order valence-electron chi connectivity index (χ0n) is 9.63. The molecule has 0 aromatic carbocycles. The topological polar surface area (TPSA) is 38.3 Å². The van der Waals surface area contributed by atoms with E-state index in [9.17, 15) is 4.79 Å². The average molecular weight is 278 g/mol. The number of methoxy groups -OCH3 is 1. The van der Waals surface area contributed by atoms with Crippen molar-refractivity contribution in [2.75, 3.05) is 7.11 Å². The highest BCUT2D eigenvalue weighted by Crippen LogP contribution is 2.22. The standard InChI is InChI=1S/C11H20BrNO2/c1-7(2)10(12)11(14)13-8-5-4-6-9(8)15-3/h7-10H,4-6H2,1-3H3,(H,13,14). The molecule has 1 rings (SSSR count). The molecule has 88 valence electrons. The maximum atomic E-state index is 11.8. The minimum absolute atomic E-state index is 0.0824. The van der Waals surface area contributed by atoms with Crippen molar-refractivity contribution >= 4 is 21.8 Å². The molecule has 0 saturated heterocycles. The van der Waals surface area contributed by atoms with Gasteiger partial charge >= 0.3 is 0 Å². The van der Waals surface area contributed by atoms with Gasteiger partial charge in [-0.2, -0.15) is 0 Å². The van der Waals surface area contributed by atoms with E-state index >= 15 is 0 Å². The molecule has 0 aromatic heterocycles. The van der Waals surface area contributed by atoms with Gasteiger partial charge in [-0.15, -0.1) is 0 Å². The van der Waals surface area contributed by atoms with Gasteiger partial charge in [-0.1, -0.05) is 29.8 Å². The van der Waals surface area contributed by atoms with Gasteiger partial charge in [0.05, 0.1) is 17.0 Å². The predicted molar refractivity (Wildman–Crippen MR) is 64.1 cm³/mol. The zero-order chi connectivity index (χ0) is 11.4. The smallest absolute Gasteiger partial charge is 0.234 e. The van der Waals surface area contributed by atoms with E-state index < -0.39 is 0 Å². The van der Waals surface area contributed by atoms with E-state index in [4.69, 9.17) is 4.74 Å². The van der Waals surface area contributed by atoms with Gasteiger partial charge in [-0.25, -0.2) is 0 Å². The zero-order valence-corrected chi connectivity index (χ0v) is 11.2. The molecule has 0 radical (unpaired) electrons. The molecule has 15 heavy (non-hydrogen) atoms. The minimum atomic E-state index is -0.101. The van der Waals surface area contributed by atoms with Crippen molar-refractivity contribution in [2.45, 2.75) is 50.1 Å². The molecule has 3 nitrogen and oxygen atoms in total. The van der Waals surface area contributed by atoms with E-state index in [1.165, 1.54) is 0 Å². The third kappa shape index (κ3) is 3.45. The lowest BCUT2D eigenvalue weighted by atomic mass is 10.1. The van der Waals surface area contributed by atoms with Gasteiger partial charge in [0.25, 0.3) is 0 Å². The van der Waals surface area contributed by atoms with E-state index in [2.05, 4.69) is 21.2 Å². The van der Waals surface area contributed by atoms with Gasteiger partial charge in [0.1, 0.15) is 0 Å². The summed E-state index contributed by atoms with van der Waals surface area (Å²) >= 11 is 3.40. The summed E-state index contributed by atoms with van der Waals surface area (Å²) in [5.41, 5.74) is 0. The molecule has 0 bridgehead atoms. The third-order valence-electron chi connectivity index (χ3n) is 2.92. The molecule has 3 atom stereocenters. The number of rotatable bonds is 4. The largest absolute Gasteiger partial charge is 0.379 e. The Labute approximate surface area is 100 Å². The lowest BCUT2D eigenvalue weighted by molar-refractivity contribution is -0.122. The van der Waals surface area contributed by atoms with Crippen LogP contribution in [-0.2, 0) is 9.53 Å². The third-order valence-corrected chi connectivity index (χ3v) is 4.39. The van der Waals surface area contributed by atoms with E-state index in [-0.39, 0.29) is 22.9 Å². The van der Waals surface area contributed by atoms with Crippen molar-refractivity contribution in [1.82, 2.24) is 5.32 Å². The number of hydrogen-bond acceptors (Lipinski definition) is 2. The second-order valence-corrected chi connectivity index (χ2v) is 5.45. The van der Waals surface area contributed by atoms with Crippen LogP contribution in [0.2, 0.25) is 0 Å². The quantitative estimate of drug-likeness (QED) is 0.800. The predicted octanol–water partition coefficient (Wildman–Crippen LogP) is 2.09. The molecule has 1 N–H and O–H groups in total. The first-order chi connectivity index (χ1) is 7.06. The van der Waals surface area contributed by atoms with Crippen LogP contribution in [0.1, 0.15) is 33.1 Å². The van der Waals surface area contributed by atoms with Crippen LogP contribution in [0.4, 0.5) is 0 Å². The Kier molecular flexibility index (Phi) is 5.06. The first-order valence-corrected chi connectivity index (χ1v) is 6.45. The number of hydrogen-bond donors (Lipinski definition) is 1. The van der Waals surface area contributed by atoms with Gasteiger partial charge < -0.3 is 10.1 Å². The molecule has 0 aliphatic heterocycles. The summed E-state index contributed by atoms with van der Waals surface area (Å²) in [7, 11) is 1.71. The van der Waals surface area contributed by atoms with Gasteiger partial charge in [-0.3, -0.25) is 4.79 Å². The van der Waals surface area contributed by atoms with E-state index in [0.717, 1.165) is 19.3 Å². The molecule has 0 spiro atoms. The Morgan fingerprint density at radius 2 is 2.13 bits per heavy atom. The molecule has 1 aliphatic rings. The van der Waals surface area contributed by atoms with E-state index in [0.29, 0.717) is 5.92 Å². The van der Waals surface area contributed by atoms with Gasteiger partial charge in [0.2, 0.25) is 5.91 Å². The summed E-state index contributed by atoms with van der Waals surface area (Å²) in [4.78, 5) is 11.7. The van der Waals surface area contributed by atoms with E-state index in [1.54, 1.807) is 7.11 Å². The second kappa shape index (κ2) is 5.85. The van der Waals surface area contributed by atoms with Crippen LogP contribution in [-0.4, -0.2) is 30.0 Å². The molecular weight excluding hydrogens is 258 g/mol. The van der Waals surface area contributed by atoms with Crippen LogP contribution < -0.4 is 5.32 Å². The average Bonchev–Trinajstić information content (AvgIpc) is 2.63. The molecule has 4 heteroatoms. The number of carbonyl (C=O) groups excluding carboxylic acids is 1. The highest BCUT2D eigenvalue weighted by Gasteiger charge is 2.30. The van der Waals surface area contributed by atoms with Gasteiger partial charge in [-0.05, 0) is 25.2 Å². The molecule has 1 amide bonds. The number of halogens is 1. The Morgan fingerprint density at radius 1 is 1.47 bits per heavy atom. The number of alkyl halides is 1. The van der Waals surface area contributed by atoms with Crippen molar-refractivity contribution in [3.63, 3.8) is 0 Å². The highest BCUT2D eigenvalue weighted by molar-refractivity contribution is 9.10. The van der Waals surface area contributed by atoms with Crippen molar-refractivity contribution in [3.05, 3.63) is 0 Å². The molecule has 3 unspecified atom stereocenters. The number of nitrogens with one attached hydrogen (secondary N) is 1. The van der Waals surface area contributed by atoms with Crippen LogP contribution >= 0.6 is 15.9 Å². The first-order valence-electron chi connectivity index (χ1n) is 5.53. The first kappa shape index (κ1) is 13.0. The number of ether oxygens (including phenoxy) is 1. The highest BCUT2D eigenvalue weighted by atomic mass is 79.9. The van der Waals surface area contributed by atoms with Crippen molar-refractivity contribution < 1.29 is 9.53 Å². The van der Waals surface area contributed by atoms with Gasteiger partial charge in [0, 0.05) is 7.11 Å². The fraction of sp³-hybridized carbons (Fsp3) is 0.909.